The second kappa shape index (κ2) is 14.7. The molecule has 65 heavy (non-hydrogen) atoms. The summed E-state index contributed by atoms with van der Waals surface area (Å²) in [6.45, 7) is 42.8. The zero-order chi connectivity index (χ0) is 47.1. The van der Waals surface area contributed by atoms with Crippen LogP contribution in [0.5, 0.6) is 0 Å². The van der Waals surface area contributed by atoms with Crippen molar-refractivity contribution in [2.24, 2.45) is 0 Å². The lowest BCUT2D eigenvalue weighted by Gasteiger charge is -2.46. The fourth-order valence-electron chi connectivity index (χ4n) is 11.5. The van der Waals surface area contributed by atoms with Crippen LogP contribution in [0.2, 0.25) is 0 Å². The van der Waals surface area contributed by atoms with Gasteiger partial charge in [0.15, 0.2) is 0 Å². The Kier molecular flexibility index (Phi) is 10.2. The summed E-state index contributed by atoms with van der Waals surface area (Å²) in [6, 6.07) is 44.0. The van der Waals surface area contributed by atoms with Crippen molar-refractivity contribution in [3.05, 3.63) is 148 Å². The molecule has 0 N–H and O–H groups in total. The molecule has 9 rings (SSSR count). The standard InChI is InChI=1S/C62H75BN2/c1-38(2)40-30-54-56-55(31-40)65(51-28-26-43(59(9,10)11)33-46(51)39-21-19-22-41(29-39)57(3,4)5)53-36-48-47(61(15,16)37-62(48,17)18)35-50(53)63(56)49-27-25-44(60(12,13)14)34-52(49)64(54)45-24-20-23-42(32-45)58(6,7)8/h19-36,38H,37H2,1-18H3. The Hall–Kier alpha value is -5.02. The van der Waals surface area contributed by atoms with Crippen molar-refractivity contribution in [1.29, 1.82) is 0 Å². The van der Waals surface area contributed by atoms with Gasteiger partial charge in [-0.25, -0.2) is 0 Å². The third kappa shape index (κ3) is 7.58. The molecule has 1 aliphatic carbocycles. The van der Waals surface area contributed by atoms with Crippen LogP contribution in [0.15, 0.2) is 109 Å². The molecule has 3 heteroatoms. The quantitative estimate of drug-likeness (QED) is 0.163. The molecular weight excluding hydrogens is 784 g/mol. The minimum absolute atomic E-state index is 0.000235. The van der Waals surface area contributed by atoms with Gasteiger partial charge in [0.2, 0.25) is 0 Å². The molecule has 0 saturated heterocycles. The SMILES string of the molecule is CC(C)c1cc2c3c(c1)N(c1ccc(C(C)(C)C)cc1-c1cccc(C(C)(C)C)c1)c1cc4c(cc1B3c1ccc(C(C)(C)C)cc1N2c1cccc(C(C)(C)C)c1)C(C)(C)CC4(C)C. The fourth-order valence-corrected chi connectivity index (χ4v) is 11.5. The fraction of sp³-hybridized carbons (Fsp3) is 0.419. The van der Waals surface area contributed by atoms with Crippen LogP contribution in [0.4, 0.5) is 34.1 Å². The van der Waals surface area contributed by atoms with Gasteiger partial charge in [0.1, 0.15) is 0 Å². The van der Waals surface area contributed by atoms with Crippen LogP contribution < -0.4 is 26.2 Å². The third-order valence-corrected chi connectivity index (χ3v) is 15.2. The maximum Gasteiger partial charge on any atom is 0.252 e. The Morgan fingerprint density at radius 2 is 0.969 bits per heavy atom. The van der Waals surface area contributed by atoms with Crippen LogP contribution >= 0.6 is 0 Å². The number of nitrogens with zero attached hydrogens (tertiary/aromatic N) is 2. The number of hydrogen-bond donors (Lipinski definition) is 0. The average Bonchev–Trinajstić information content (AvgIpc) is 3.39. The molecule has 0 saturated carbocycles. The molecule has 0 radical (unpaired) electrons. The lowest BCUT2D eigenvalue weighted by atomic mass is 9.33. The van der Waals surface area contributed by atoms with Crippen LogP contribution in [-0.2, 0) is 32.5 Å². The van der Waals surface area contributed by atoms with Crippen molar-refractivity contribution in [2.45, 2.75) is 169 Å². The molecule has 2 nitrogen and oxygen atoms in total. The summed E-state index contributed by atoms with van der Waals surface area (Å²) in [4.78, 5) is 5.35. The van der Waals surface area contributed by atoms with Gasteiger partial charge in [-0.3, -0.25) is 0 Å². The van der Waals surface area contributed by atoms with Crippen molar-refractivity contribution in [3.63, 3.8) is 0 Å². The van der Waals surface area contributed by atoms with Crippen LogP contribution in [0, 0.1) is 0 Å². The Morgan fingerprint density at radius 3 is 1.57 bits per heavy atom. The number of anilines is 6. The van der Waals surface area contributed by atoms with Gasteiger partial charge < -0.3 is 9.80 Å². The topological polar surface area (TPSA) is 6.48 Å². The molecule has 0 amide bonds. The van der Waals surface area contributed by atoms with Gasteiger partial charge in [0, 0.05) is 34.0 Å². The molecule has 2 aliphatic heterocycles. The molecule has 0 atom stereocenters. The molecule has 6 aromatic rings. The first-order valence-electron chi connectivity index (χ1n) is 24.5. The number of fused-ring (bicyclic) bond motifs is 5. The minimum Gasteiger partial charge on any atom is -0.311 e. The van der Waals surface area contributed by atoms with E-state index in [4.69, 9.17) is 0 Å². The second-order valence-electron chi connectivity index (χ2n) is 25.8. The van der Waals surface area contributed by atoms with E-state index in [0.29, 0.717) is 5.92 Å². The molecule has 0 fully saturated rings. The Balaban J connectivity index is 1.45. The summed E-state index contributed by atoms with van der Waals surface area (Å²) in [7, 11) is 0. The summed E-state index contributed by atoms with van der Waals surface area (Å²) in [6.07, 6.45) is 1.12. The molecule has 0 spiro atoms. The Labute approximate surface area is 394 Å². The van der Waals surface area contributed by atoms with Gasteiger partial charge in [-0.15, -0.1) is 0 Å². The molecule has 3 aliphatic rings. The minimum atomic E-state index is -0.0231. The molecule has 2 heterocycles. The van der Waals surface area contributed by atoms with E-state index in [1.807, 2.05) is 0 Å². The summed E-state index contributed by atoms with van der Waals surface area (Å²) in [5.74, 6) is 0.314. The highest BCUT2D eigenvalue weighted by atomic mass is 15.2. The van der Waals surface area contributed by atoms with Crippen LogP contribution in [-0.4, -0.2) is 6.71 Å². The predicted molar refractivity (Wildman–Crippen MR) is 285 cm³/mol. The highest BCUT2D eigenvalue weighted by Crippen LogP contribution is 2.54. The van der Waals surface area contributed by atoms with E-state index in [-0.39, 0.29) is 39.2 Å². The van der Waals surface area contributed by atoms with Crippen molar-refractivity contribution in [1.82, 2.24) is 0 Å². The number of hydrogen-bond acceptors (Lipinski definition) is 2. The summed E-state index contributed by atoms with van der Waals surface area (Å²) < 4.78 is 0. The largest absolute Gasteiger partial charge is 0.311 e. The third-order valence-electron chi connectivity index (χ3n) is 15.2. The summed E-state index contributed by atoms with van der Waals surface area (Å²) in [5.41, 5.74) is 24.1. The van der Waals surface area contributed by atoms with Gasteiger partial charge in [-0.2, -0.15) is 0 Å². The molecule has 0 unspecified atom stereocenters. The predicted octanol–water partition coefficient (Wildman–Crippen LogP) is 15.7. The molecule has 336 valence electrons. The van der Waals surface area contributed by atoms with Gasteiger partial charge in [-0.1, -0.05) is 185 Å². The Morgan fingerprint density at radius 1 is 0.462 bits per heavy atom. The normalized spacial score (nSPS) is 16.4. The van der Waals surface area contributed by atoms with E-state index in [0.717, 1.165) is 6.42 Å². The van der Waals surface area contributed by atoms with Crippen molar-refractivity contribution in [3.8, 4) is 11.1 Å². The first-order chi connectivity index (χ1) is 30.1. The maximum atomic E-state index is 2.71. The van der Waals surface area contributed by atoms with E-state index in [9.17, 15) is 0 Å². The van der Waals surface area contributed by atoms with Crippen molar-refractivity contribution < 1.29 is 0 Å². The molecule has 0 aromatic heterocycles. The van der Waals surface area contributed by atoms with E-state index >= 15 is 0 Å². The first kappa shape index (κ1) is 45.2. The van der Waals surface area contributed by atoms with E-state index < -0.39 is 0 Å². The number of benzene rings is 6. The van der Waals surface area contributed by atoms with Gasteiger partial charge in [-0.05, 0) is 154 Å². The molecule has 6 aromatic carbocycles. The molecular formula is C62H75BN2. The molecule has 0 bridgehead atoms. The summed E-state index contributed by atoms with van der Waals surface area (Å²) >= 11 is 0. The maximum absolute atomic E-state index is 2.71. The zero-order valence-electron chi connectivity index (χ0n) is 43.1. The van der Waals surface area contributed by atoms with Crippen LogP contribution in [0.3, 0.4) is 0 Å². The Bertz CT molecular complexity index is 2880. The first-order valence-corrected chi connectivity index (χ1v) is 24.5. The van der Waals surface area contributed by atoms with Crippen LogP contribution in [0.25, 0.3) is 11.1 Å². The lowest BCUT2D eigenvalue weighted by Crippen LogP contribution is -2.61. The van der Waals surface area contributed by atoms with E-state index in [2.05, 4.69) is 244 Å². The van der Waals surface area contributed by atoms with Crippen molar-refractivity contribution >= 4 is 57.2 Å². The van der Waals surface area contributed by atoms with Crippen molar-refractivity contribution in [2.75, 3.05) is 9.80 Å². The number of rotatable bonds is 4. The summed E-state index contributed by atoms with van der Waals surface area (Å²) in [5, 5.41) is 0. The van der Waals surface area contributed by atoms with Crippen LogP contribution in [0.1, 0.15) is 176 Å². The lowest BCUT2D eigenvalue weighted by molar-refractivity contribution is 0.403. The smallest absolute Gasteiger partial charge is 0.252 e. The monoisotopic (exact) mass is 859 g/mol. The van der Waals surface area contributed by atoms with Gasteiger partial charge in [0.05, 0.1) is 5.69 Å². The highest BCUT2D eigenvalue weighted by Gasteiger charge is 2.48. The highest BCUT2D eigenvalue weighted by molar-refractivity contribution is 7.00. The van der Waals surface area contributed by atoms with Gasteiger partial charge >= 0.3 is 0 Å². The van der Waals surface area contributed by atoms with E-state index in [1.165, 1.54) is 101 Å². The zero-order valence-corrected chi connectivity index (χ0v) is 43.1. The van der Waals surface area contributed by atoms with Gasteiger partial charge in [0.25, 0.3) is 6.71 Å². The average molecular weight is 859 g/mol. The second-order valence-corrected chi connectivity index (χ2v) is 25.8. The van der Waals surface area contributed by atoms with E-state index in [1.54, 1.807) is 0 Å².